The maximum atomic E-state index is 13.0. The minimum atomic E-state index is -0.354. The van der Waals surface area contributed by atoms with Gasteiger partial charge in [0.25, 0.3) is 0 Å². The molecule has 0 radical (unpaired) electrons. The molecule has 2 atom stereocenters. The molecule has 4 nitrogen and oxygen atoms in total. The lowest BCUT2D eigenvalue weighted by molar-refractivity contribution is 0.350. The van der Waals surface area contributed by atoms with Gasteiger partial charge in [-0.05, 0) is 37.0 Å². The average molecular weight is 296 g/mol. The third kappa shape index (κ3) is 2.83. The molecule has 2 aromatic rings. The molecule has 2 N–H and O–H groups in total. The van der Waals surface area contributed by atoms with Gasteiger partial charge in [0.15, 0.2) is 5.82 Å². The summed E-state index contributed by atoms with van der Waals surface area (Å²) in [7, 11) is 0. The van der Waals surface area contributed by atoms with E-state index in [1.165, 1.54) is 12.1 Å². The highest BCUT2D eigenvalue weighted by Crippen LogP contribution is 2.32. The minimum Gasteiger partial charge on any atom is -0.339 e. The first-order chi connectivity index (χ1) is 9.61. The van der Waals surface area contributed by atoms with Crippen LogP contribution in [0.15, 0.2) is 22.7 Å². The SMILES string of the molecule is NC1CCC(c2nc(Cc3ccc(F)cc3Cl)no2)C1. The maximum Gasteiger partial charge on any atom is 0.229 e. The molecule has 0 amide bonds. The van der Waals surface area contributed by atoms with Gasteiger partial charge in [0.05, 0.1) is 0 Å². The Labute approximate surface area is 121 Å². The van der Waals surface area contributed by atoms with Crippen LogP contribution in [0.25, 0.3) is 0 Å². The fraction of sp³-hybridized carbons (Fsp3) is 0.429. The quantitative estimate of drug-likeness (QED) is 0.945. The van der Waals surface area contributed by atoms with Crippen molar-refractivity contribution in [2.24, 2.45) is 5.73 Å². The second kappa shape index (κ2) is 5.50. The van der Waals surface area contributed by atoms with E-state index in [2.05, 4.69) is 10.1 Å². The van der Waals surface area contributed by atoms with E-state index in [1.807, 2.05) is 0 Å². The van der Waals surface area contributed by atoms with Crippen molar-refractivity contribution in [2.45, 2.75) is 37.6 Å². The molecule has 6 heteroatoms. The fourth-order valence-corrected chi connectivity index (χ4v) is 2.82. The molecule has 0 spiro atoms. The number of aromatic nitrogens is 2. The molecule has 2 unspecified atom stereocenters. The maximum absolute atomic E-state index is 13.0. The predicted octanol–water partition coefficient (Wildman–Crippen LogP) is 3.05. The first kappa shape index (κ1) is 13.5. The molecule has 1 heterocycles. The zero-order chi connectivity index (χ0) is 14.1. The van der Waals surface area contributed by atoms with Gasteiger partial charge in [-0.3, -0.25) is 0 Å². The number of rotatable bonds is 3. The molecule has 1 aromatic carbocycles. The normalized spacial score (nSPS) is 22.4. The number of halogens is 2. The van der Waals surface area contributed by atoms with Crippen LogP contribution in [0.4, 0.5) is 4.39 Å². The van der Waals surface area contributed by atoms with Crippen LogP contribution in [-0.4, -0.2) is 16.2 Å². The highest BCUT2D eigenvalue weighted by atomic mass is 35.5. The van der Waals surface area contributed by atoms with Crippen molar-refractivity contribution in [3.8, 4) is 0 Å². The smallest absolute Gasteiger partial charge is 0.229 e. The first-order valence-electron chi connectivity index (χ1n) is 6.64. The van der Waals surface area contributed by atoms with Gasteiger partial charge in [-0.15, -0.1) is 0 Å². The summed E-state index contributed by atoms with van der Waals surface area (Å²) in [6.45, 7) is 0. The molecule has 1 aliphatic rings. The molecule has 3 rings (SSSR count). The van der Waals surface area contributed by atoms with E-state index < -0.39 is 0 Å². The molecule has 0 saturated heterocycles. The second-order valence-corrected chi connectivity index (χ2v) is 5.64. The third-order valence-corrected chi connectivity index (χ3v) is 4.02. The van der Waals surface area contributed by atoms with Gasteiger partial charge in [-0.1, -0.05) is 22.8 Å². The van der Waals surface area contributed by atoms with Crippen molar-refractivity contribution >= 4 is 11.6 Å². The fourth-order valence-electron chi connectivity index (χ4n) is 2.58. The second-order valence-electron chi connectivity index (χ2n) is 5.23. The van der Waals surface area contributed by atoms with Gasteiger partial charge >= 0.3 is 0 Å². The minimum absolute atomic E-state index is 0.224. The van der Waals surface area contributed by atoms with E-state index in [9.17, 15) is 4.39 Å². The zero-order valence-electron chi connectivity index (χ0n) is 10.9. The summed E-state index contributed by atoms with van der Waals surface area (Å²) in [5.41, 5.74) is 6.67. The summed E-state index contributed by atoms with van der Waals surface area (Å²) in [5, 5.41) is 4.34. The van der Waals surface area contributed by atoms with E-state index >= 15 is 0 Å². The largest absolute Gasteiger partial charge is 0.339 e. The molecule has 1 aliphatic carbocycles. The van der Waals surface area contributed by atoms with Crippen molar-refractivity contribution in [3.63, 3.8) is 0 Å². The third-order valence-electron chi connectivity index (χ3n) is 3.67. The lowest BCUT2D eigenvalue weighted by Gasteiger charge is -2.02. The van der Waals surface area contributed by atoms with Crippen molar-refractivity contribution in [3.05, 3.63) is 46.3 Å². The topological polar surface area (TPSA) is 64.9 Å². The molecule has 1 saturated carbocycles. The van der Waals surface area contributed by atoms with Gasteiger partial charge in [-0.25, -0.2) is 4.39 Å². The van der Waals surface area contributed by atoms with Crippen LogP contribution < -0.4 is 5.73 Å². The molecule has 106 valence electrons. The van der Waals surface area contributed by atoms with Crippen LogP contribution in [-0.2, 0) is 6.42 Å². The molecule has 0 aliphatic heterocycles. The van der Waals surface area contributed by atoms with Crippen LogP contribution in [0, 0.1) is 5.82 Å². The monoisotopic (exact) mass is 295 g/mol. The van der Waals surface area contributed by atoms with Gasteiger partial charge in [0, 0.05) is 23.4 Å². The number of hydrogen-bond acceptors (Lipinski definition) is 4. The number of benzene rings is 1. The Morgan fingerprint density at radius 1 is 1.40 bits per heavy atom. The molecule has 0 bridgehead atoms. The highest BCUT2D eigenvalue weighted by molar-refractivity contribution is 6.31. The molecule has 20 heavy (non-hydrogen) atoms. The number of hydrogen-bond donors (Lipinski definition) is 1. The van der Waals surface area contributed by atoms with Gasteiger partial charge in [-0.2, -0.15) is 4.98 Å². The molecular weight excluding hydrogens is 281 g/mol. The van der Waals surface area contributed by atoms with E-state index in [-0.39, 0.29) is 17.8 Å². The van der Waals surface area contributed by atoms with Crippen LogP contribution in [0.1, 0.15) is 42.5 Å². The van der Waals surface area contributed by atoms with Gasteiger partial charge in [0.1, 0.15) is 5.82 Å². The lowest BCUT2D eigenvalue weighted by atomic mass is 10.1. The van der Waals surface area contributed by atoms with Gasteiger partial charge < -0.3 is 10.3 Å². The van der Waals surface area contributed by atoms with Crippen LogP contribution in [0.2, 0.25) is 5.02 Å². The summed E-state index contributed by atoms with van der Waals surface area (Å²) in [4.78, 5) is 4.40. The van der Waals surface area contributed by atoms with Gasteiger partial charge in [0.2, 0.25) is 5.89 Å². The summed E-state index contributed by atoms with van der Waals surface area (Å²) in [5.74, 6) is 1.11. The highest BCUT2D eigenvalue weighted by Gasteiger charge is 2.27. The summed E-state index contributed by atoms with van der Waals surface area (Å²) in [6, 6.07) is 4.52. The van der Waals surface area contributed by atoms with E-state index in [1.54, 1.807) is 6.07 Å². The molecular formula is C14H15ClFN3O. The van der Waals surface area contributed by atoms with E-state index in [0.29, 0.717) is 23.2 Å². The van der Waals surface area contributed by atoms with Crippen molar-refractivity contribution in [1.29, 1.82) is 0 Å². The van der Waals surface area contributed by atoms with Crippen molar-refractivity contribution in [2.75, 3.05) is 0 Å². The van der Waals surface area contributed by atoms with Crippen molar-refractivity contribution < 1.29 is 8.91 Å². The average Bonchev–Trinajstić information content (AvgIpc) is 3.02. The Bertz CT molecular complexity index is 616. The Morgan fingerprint density at radius 2 is 2.25 bits per heavy atom. The van der Waals surface area contributed by atoms with Crippen LogP contribution in [0.5, 0.6) is 0 Å². The summed E-state index contributed by atoms with van der Waals surface area (Å²) in [6.07, 6.45) is 3.30. The Morgan fingerprint density at radius 3 is 2.95 bits per heavy atom. The zero-order valence-corrected chi connectivity index (χ0v) is 11.6. The van der Waals surface area contributed by atoms with E-state index in [4.69, 9.17) is 21.9 Å². The van der Waals surface area contributed by atoms with Crippen LogP contribution in [0.3, 0.4) is 0 Å². The first-order valence-corrected chi connectivity index (χ1v) is 7.01. The number of nitrogens with two attached hydrogens (primary N) is 1. The summed E-state index contributed by atoms with van der Waals surface area (Å²) < 4.78 is 18.3. The van der Waals surface area contributed by atoms with Crippen molar-refractivity contribution in [1.82, 2.24) is 10.1 Å². The predicted molar refractivity (Wildman–Crippen MR) is 73.1 cm³/mol. The standard InChI is InChI=1S/C14H15ClFN3O/c15-12-7-10(16)3-1-8(12)6-13-18-14(20-19-13)9-2-4-11(17)5-9/h1,3,7,9,11H,2,4-6,17H2. The molecule has 1 fully saturated rings. The molecule has 1 aromatic heterocycles. The van der Waals surface area contributed by atoms with E-state index in [0.717, 1.165) is 24.8 Å². The Kier molecular flexibility index (Phi) is 3.72. The number of nitrogens with zero attached hydrogens (tertiary/aromatic N) is 2. The Balaban J connectivity index is 1.74. The Hall–Kier alpha value is -1.46. The van der Waals surface area contributed by atoms with Crippen LogP contribution >= 0.6 is 11.6 Å². The summed E-state index contributed by atoms with van der Waals surface area (Å²) >= 11 is 5.99. The lowest BCUT2D eigenvalue weighted by Crippen LogP contribution is -2.14.